The van der Waals surface area contributed by atoms with E-state index in [4.69, 9.17) is 10.8 Å². The van der Waals surface area contributed by atoms with Crippen LogP contribution in [0.2, 0.25) is 12.6 Å². The van der Waals surface area contributed by atoms with Crippen molar-refractivity contribution in [2.75, 3.05) is 0 Å². The zero-order chi connectivity index (χ0) is 8.91. The predicted octanol–water partition coefficient (Wildman–Crippen LogP) is 2.18. The molecule has 0 saturated carbocycles. The second kappa shape index (κ2) is 4.58. The number of terminal acetylenes is 1. The largest absolute Gasteiger partial charge is 0.405 e. The van der Waals surface area contributed by atoms with Crippen LogP contribution in [-0.2, 0) is 4.43 Å². The molecular formula is C9H18OSi. The topological polar surface area (TPSA) is 9.23 Å². The minimum atomic E-state index is -0.987. The van der Waals surface area contributed by atoms with Gasteiger partial charge in [-0.2, -0.15) is 0 Å². The van der Waals surface area contributed by atoms with Gasteiger partial charge in [-0.05, 0) is 26.4 Å². The molecule has 0 aromatic rings. The van der Waals surface area contributed by atoms with E-state index in [1.165, 1.54) is 12.5 Å². The molecular weight excluding hydrogens is 152 g/mol. The van der Waals surface area contributed by atoms with Gasteiger partial charge in [0, 0.05) is 0 Å². The van der Waals surface area contributed by atoms with E-state index in [1.54, 1.807) is 0 Å². The molecule has 0 spiro atoms. The van der Waals surface area contributed by atoms with Gasteiger partial charge in [0.2, 0.25) is 0 Å². The van der Waals surface area contributed by atoms with Crippen LogP contribution in [0.1, 0.15) is 27.2 Å². The molecule has 0 N–H and O–H groups in total. The minimum absolute atomic E-state index is 0.346. The Morgan fingerprint density at radius 1 is 1.55 bits per heavy atom. The second-order valence-electron chi connectivity index (χ2n) is 3.37. The van der Waals surface area contributed by atoms with Crippen LogP contribution in [0.4, 0.5) is 0 Å². The van der Waals surface area contributed by atoms with Gasteiger partial charge in [-0.25, -0.2) is 0 Å². The van der Waals surface area contributed by atoms with Gasteiger partial charge in [-0.1, -0.05) is 19.3 Å². The lowest BCUT2D eigenvalue weighted by molar-refractivity contribution is 0.172. The Bertz CT molecular complexity index is 146. The van der Waals surface area contributed by atoms with E-state index in [9.17, 15) is 0 Å². The fourth-order valence-corrected chi connectivity index (χ4v) is 3.01. The maximum Gasteiger partial charge on any atom is 0.175 e. The first-order chi connectivity index (χ1) is 5.02. The van der Waals surface area contributed by atoms with E-state index >= 15 is 0 Å². The van der Waals surface area contributed by atoms with Crippen molar-refractivity contribution in [3.63, 3.8) is 0 Å². The highest BCUT2D eigenvalue weighted by Crippen LogP contribution is 2.11. The van der Waals surface area contributed by atoms with Crippen LogP contribution >= 0.6 is 0 Å². The van der Waals surface area contributed by atoms with Gasteiger partial charge in [-0.3, -0.25) is 0 Å². The molecule has 0 saturated heterocycles. The molecule has 0 aromatic heterocycles. The minimum Gasteiger partial charge on any atom is -0.405 e. The Kier molecular flexibility index (Phi) is 4.47. The Morgan fingerprint density at radius 3 is 2.45 bits per heavy atom. The van der Waals surface area contributed by atoms with Crippen LogP contribution in [0, 0.1) is 12.3 Å². The molecule has 1 unspecified atom stereocenters. The zero-order valence-electron chi connectivity index (χ0n) is 7.98. The summed E-state index contributed by atoms with van der Waals surface area (Å²) in [6.07, 6.45) is 6.50. The van der Waals surface area contributed by atoms with Gasteiger partial charge in [0.25, 0.3) is 0 Å². The Labute approximate surface area is 71.9 Å². The molecule has 0 rings (SSSR count). The van der Waals surface area contributed by atoms with Gasteiger partial charge in [0.05, 0.1) is 0 Å². The molecule has 0 fully saturated rings. The van der Waals surface area contributed by atoms with Crippen molar-refractivity contribution >= 4 is 9.04 Å². The lowest BCUT2D eigenvalue weighted by Gasteiger charge is -2.23. The third-order valence-corrected chi connectivity index (χ3v) is 3.92. The van der Waals surface area contributed by atoms with Crippen LogP contribution in [-0.4, -0.2) is 14.6 Å². The summed E-state index contributed by atoms with van der Waals surface area (Å²) in [5.41, 5.74) is -0.346. The van der Waals surface area contributed by atoms with E-state index in [-0.39, 0.29) is 5.60 Å². The molecule has 0 heterocycles. The molecule has 1 nitrogen and oxygen atoms in total. The Morgan fingerprint density at radius 2 is 2.09 bits per heavy atom. The first-order valence-corrected chi connectivity index (χ1v) is 6.61. The van der Waals surface area contributed by atoms with Crippen LogP contribution in [0.15, 0.2) is 0 Å². The van der Waals surface area contributed by atoms with Gasteiger partial charge in [0.15, 0.2) is 9.04 Å². The summed E-state index contributed by atoms with van der Waals surface area (Å²) in [5, 5.41) is 0. The average Bonchev–Trinajstić information content (AvgIpc) is 1.87. The Balaban J connectivity index is 3.76. The average molecular weight is 170 g/mol. The van der Waals surface area contributed by atoms with Crippen molar-refractivity contribution in [1.29, 1.82) is 0 Å². The van der Waals surface area contributed by atoms with Crippen molar-refractivity contribution in [2.45, 2.75) is 45.4 Å². The zero-order valence-corrected chi connectivity index (χ0v) is 9.13. The molecule has 1 atom stereocenters. The third kappa shape index (κ3) is 5.06. The van der Waals surface area contributed by atoms with Crippen LogP contribution in [0.25, 0.3) is 0 Å². The van der Waals surface area contributed by atoms with Crippen molar-refractivity contribution in [3.8, 4) is 12.3 Å². The highest BCUT2D eigenvalue weighted by Gasteiger charge is 2.17. The molecule has 11 heavy (non-hydrogen) atoms. The number of rotatable bonds is 4. The van der Waals surface area contributed by atoms with E-state index in [2.05, 4.69) is 19.4 Å². The van der Waals surface area contributed by atoms with Crippen molar-refractivity contribution in [2.24, 2.45) is 0 Å². The molecule has 0 aliphatic heterocycles. The molecule has 0 aliphatic rings. The lowest BCUT2D eigenvalue weighted by Crippen LogP contribution is -2.29. The summed E-state index contributed by atoms with van der Waals surface area (Å²) in [7, 11) is -0.987. The van der Waals surface area contributed by atoms with E-state index in [0.717, 1.165) is 0 Å². The monoisotopic (exact) mass is 170 g/mol. The summed E-state index contributed by atoms with van der Waals surface area (Å²) >= 11 is 0. The third-order valence-electron chi connectivity index (χ3n) is 1.54. The molecule has 0 amide bonds. The predicted molar refractivity (Wildman–Crippen MR) is 52.1 cm³/mol. The molecule has 2 heteroatoms. The van der Waals surface area contributed by atoms with E-state index in [1.807, 2.05) is 13.8 Å². The summed E-state index contributed by atoms with van der Waals surface area (Å²) in [5.74, 6) is 2.64. The van der Waals surface area contributed by atoms with Crippen LogP contribution in [0.5, 0.6) is 0 Å². The lowest BCUT2D eigenvalue weighted by atomic mass is 10.2. The van der Waals surface area contributed by atoms with E-state index < -0.39 is 9.04 Å². The van der Waals surface area contributed by atoms with Crippen LogP contribution in [0.3, 0.4) is 0 Å². The molecule has 0 bridgehead atoms. The summed E-state index contributed by atoms with van der Waals surface area (Å²) in [6.45, 7) is 8.27. The maximum absolute atomic E-state index is 5.73. The number of hydrogen-bond acceptors (Lipinski definition) is 1. The van der Waals surface area contributed by atoms with Crippen molar-refractivity contribution < 1.29 is 4.43 Å². The quantitative estimate of drug-likeness (QED) is 0.464. The van der Waals surface area contributed by atoms with Gasteiger partial charge in [0.1, 0.15) is 5.60 Å². The summed E-state index contributed by atoms with van der Waals surface area (Å²) in [6, 6.07) is 1.21. The fourth-order valence-electron chi connectivity index (χ4n) is 1.00. The maximum atomic E-state index is 5.73. The standard InChI is InChI=1S/C9H18OSi/c1-6-8-11(5)10-9(3,4)7-2/h2,11H,6,8H2,1,3-5H3. The highest BCUT2D eigenvalue weighted by molar-refractivity contribution is 6.50. The first kappa shape index (κ1) is 10.7. The van der Waals surface area contributed by atoms with Crippen LogP contribution < -0.4 is 0 Å². The van der Waals surface area contributed by atoms with Crippen molar-refractivity contribution in [3.05, 3.63) is 0 Å². The second-order valence-corrected chi connectivity index (χ2v) is 5.81. The molecule has 0 aromatic carbocycles. The molecule has 64 valence electrons. The molecule has 0 aliphatic carbocycles. The van der Waals surface area contributed by atoms with Gasteiger partial charge >= 0.3 is 0 Å². The fraction of sp³-hybridized carbons (Fsp3) is 0.778. The SMILES string of the molecule is C#CC(C)(C)O[SiH](C)CCC. The van der Waals surface area contributed by atoms with Gasteiger partial charge in [-0.15, -0.1) is 6.42 Å². The Hall–Kier alpha value is -0.263. The van der Waals surface area contributed by atoms with E-state index in [0.29, 0.717) is 0 Å². The highest BCUT2D eigenvalue weighted by atomic mass is 28.3. The smallest absolute Gasteiger partial charge is 0.175 e. The van der Waals surface area contributed by atoms with Gasteiger partial charge < -0.3 is 4.43 Å². The summed E-state index contributed by atoms with van der Waals surface area (Å²) < 4.78 is 5.73. The number of hydrogen-bond donors (Lipinski definition) is 0. The van der Waals surface area contributed by atoms with Crippen molar-refractivity contribution in [1.82, 2.24) is 0 Å². The first-order valence-electron chi connectivity index (χ1n) is 4.17. The summed E-state index contributed by atoms with van der Waals surface area (Å²) in [4.78, 5) is 0. The normalized spacial score (nSPS) is 14.1. The molecule has 0 radical (unpaired) electrons.